The molecule has 2 nitrogen and oxygen atoms in total. The first-order chi connectivity index (χ1) is 9.24. The summed E-state index contributed by atoms with van der Waals surface area (Å²) in [7, 11) is 0. The van der Waals surface area contributed by atoms with E-state index >= 15 is 4.39 Å². The molecule has 0 aliphatic carbocycles. The summed E-state index contributed by atoms with van der Waals surface area (Å²) in [4.78, 5) is 0. The normalized spacial score (nSPS) is 14.4. The van der Waals surface area contributed by atoms with Crippen LogP contribution in [0.5, 0.6) is 0 Å². The lowest BCUT2D eigenvalue weighted by Crippen LogP contribution is -2.31. The molecule has 3 rings (SSSR count). The number of alkyl halides is 1. The van der Waals surface area contributed by atoms with E-state index < -0.39 is 5.67 Å². The number of halogens is 1. The van der Waals surface area contributed by atoms with Crippen molar-refractivity contribution in [3.8, 4) is 0 Å². The van der Waals surface area contributed by atoms with Crippen LogP contribution < -0.4 is 5.73 Å². The van der Waals surface area contributed by atoms with Gasteiger partial charge in [0, 0.05) is 11.9 Å². The Morgan fingerprint density at radius 3 is 2.37 bits per heavy atom. The van der Waals surface area contributed by atoms with E-state index in [0.29, 0.717) is 11.1 Å². The SMILES string of the molecule is NCC(F)(c1ccccc1)c1cc2ccccc2o1. The second-order valence-electron chi connectivity index (χ2n) is 4.52. The Hall–Kier alpha value is -2.13. The van der Waals surface area contributed by atoms with Gasteiger partial charge in [0.05, 0.1) is 0 Å². The van der Waals surface area contributed by atoms with Crippen LogP contribution in [0.15, 0.2) is 65.1 Å². The standard InChI is InChI=1S/C16H14FNO/c17-16(11-18,13-7-2-1-3-8-13)15-10-12-6-4-5-9-14(12)19-15/h1-10H,11,18H2. The van der Waals surface area contributed by atoms with E-state index in [1.54, 1.807) is 30.3 Å². The third-order valence-electron chi connectivity index (χ3n) is 3.33. The second-order valence-corrected chi connectivity index (χ2v) is 4.52. The largest absolute Gasteiger partial charge is 0.457 e. The minimum Gasteiger partial charge on any atom is -0.457 e. The highest BCUT2D eigenvalue weighted by Crippen LogP contribution is 2.36. The zero-order valence-electron chi connectivity index (χ0n) is 10.3. The molecule has 3 aromatic rings. The first-order valence-corrected chi connectivity index (χ1v) is 6.17. The molecule has 0 radical (unpaired) electrons. The summed E-state index contributed by atoms with van der Waals surface area (Å²) in [6, 6.07) is 18.1. The summed E-state index contributed by atoms with van der Waals surface area (Å²) in [5.41, 5.74) is 5.05. The Labute approximate surface area is 110 Å². The van der Waals surface area contributed by atoms with Crippen molar-refractivity contribution in [3.63, 3.8) is 0 Å². The second kappa shape index (κ2) is 4.52. The average Bonchev–Trinajstić information content (AvgIpc) is 2.92. The maximum atomic E-state index is 15.2. The molecular weight excluding hydrogens is 241 g/mol. The highest BCUT2D eigenvalue weighted by Gasteiger charge is 2.36. The fraction of sp³-hybridized carbons (Fsp3) is 0.125. The van der Waals surface area contributed by atoms with Gasteiger partial charge in [0.15, 0.2) is 0 Å². The lowest BCUT2D eigenvalue weighted by Gasteiger charge is -2.21. The van der Waals surface area contributed by atoms with Crippen LogP contribution in [-0.4, -0.2) is 6.54 Å². The van der Waals surface area contributed by atoms with Crippen LogP contribution in [-0.2, 0) is 5.67 Å². The quantitative estimate of drug-likeness (QED) is 0.776. The van der Waals surface area contributed by atoms with Gasteiger partial charge in [-0.15, -0.1) is 0 Å². The van der Waals surface area contributed by atoms with Gasteiger partial charge in [-0.3, -0.25) is 0 Å². The number of fused-ring (bicyclic) bond motifs is 1. The molecular formula is C16H14FNO. The summed E-state index contributed by atoms with van der Waals surface area (Å²) < 4.78 is 20.8. The van der Waals surface area contributed by atoms with Crippen molar-refractivity contribution >= 4 is 11.0 Å². The van der Waals surface area contributed by atoms with Crippen LogP contribution in [0.1, 0.15) is 11.3 Å². The molecule has 2 aromatic carbocycles. The van der Waals surface area contributed by atoms with Crippen molar-refractivity contribution in [3.05, 3.63) is 72.0 Å². The Bertz CT molecular complexity index is 659. The molecule has 2 N–H and O–H groups in total. The van der Waals surface area contributed by atoms with Crippen LogP contribution in [0.25, 0.3) is 11.0 Å². The number of benzene rings is 2. The van der Waals surface area contributed by atoms with Gasteiger partial charge in [-0.2, -0.15) is 0 Å². The van der Waals surface area contributed by atoms with Crippen LogP contribution in [0, 0.1) is 0 Å². The molecule has 3 heteroatoms. The van der Waals surface area contributed by atoms with Crippen LogP contribution >= 0.6 is 0 Å². The molecule has 0 amide bonds. The zero-order valence-corrected chi connectivity index (χ0v) is 10.3. The summed E-state index contributed by atoms with van der Waals surface area (Å²) >= 11 is 0. The molecule has 1 atom stereocenters. The van der Waals surface area contributed by atoms with Crippen molar-refractivity contribution in [1.29, 1.82) is 0 Å². The minimum absolute atomic E-state index is 0.156. The van der Waals surface area contributed by atoms with Gasteiger partial charge in [0.25, 0.3) is 0 Å². The average molecular weight is 255 g/mol. The number of hydrogen-bond acceptors (Lipinski definition) is 2. The molecule has 96 valence electrons. The lowest BCUT2D eigenvalue weighted by atomic mass is 9.93. The van der Waals surface area contributed by atoms with E-state index in [-0.39, 0.29) is 12.3 Å². The fourth-order valence-corrected chi connectivity index (χ4v) is 2.24. The molecule has 0 fully saturated rings. The smallest absolute Gasteiger partial charge is 0.205 e. The summed E-state index contributed by atoms with van der Waals surface area (Å²) in [6.07, 6.45) is 0. The van der Waals surface area contributed by atoms with Crippen LogP contribution in [0.3, 0.4) is 0 Å². The highest BCUT2D eigenvalue weighted by molar-refractivity contribution is 5.78. The predicted octanol–water partition coefficient (Wildman–Crippen LogP) is 3.60. The zero-order chi connectivity index (χ0) is 13.3. The van der Waals surface area contributed by atoms with Gasteiger partial charge in [0.2, 0.25) is 5.67 Å². The first-order valence-electron chi connectivity index (χ1n) is 6.17. The van der Waals surface area contributed by atoms with Gasteiger partial charge in [-0.25, -0.2) is 4.39 Å². The lowest BCUT2D eigenvalue weighted by molar-refractivity contribution is 0.194. The number of para-hydroxylation sites is 1. The first kappa shape index (κ1) is 11.9. The van der Waals surface area contributed by atoms with Gasteiger partial charge in [-0.05, 0) is 17.7 Å². The van der Waals surface area contributed by atoms with Crippen molar-refractivity contribution in [1.82, 2.24) is 0 Å². The molecule has 0 saturated carbocycles. The van der Waals surface area contributed by atoms with E-state index in [2.05, 4.69) is 0 Å². The van der Waals surface area contributed by atoms with Gasteiger partial charge < -0.3 is 10.2 Å². The number of rotatable bonds is 3. The molecule has 0 aliphatic rings. The minimum atomic E-state index is -1.79. The van der Waals surface area contributed by atoms with Crippen LogP contribution in [0.2, 0.25) is 0 Å². The summed E-state index contributed by atoms with van der Waals surface area (Å²) in [5, 5.41) is 0.879. The van der Waals surface area contributed by atoms with Crippen molar-refractivity contribution in [2.45, 2.75) is 5.67 Å². The topological polar surface area (TPSA) is 39.2 Å². The monoisotopic (exact) mass is 255 g/mol. The molecule has 1 aromatic heterocycles. The predicted molar refractivity (Wildman–Crippen MR) is 73.6 cm³/mol. The number of furan rings is 1. The van der Waals surface area contributed by atoms with Crippen molar-refractivity contribution < 1.29 is 8.81 Å². The third-order valence-corrected chi connectivity index (χ3v) is 3.33. The number of nitrogens with two attached hydrogens (primary N) is 1. The molecule has 1 unspecified atom stereocenters. The van der Waals surface area contributed by atoms with E-state index in [0.717, 1.165) is 5.39 Å². The molecule has 0 aliphatic heterocycles. The fourth-order valence-electron chi connectivity index (χ4n) is 2.24. The Balaban J connectivity index is 2.16. The van der Waals surface area contributed by atoms with Gasteiger partial charge in [0.1, 0.15) is 11.3 Å². The number of hydrogen-bond donors (Lipinski definition) is 1. The summed E-state index contributed by atoms with van der Waals surface area (Å²) in [5.74, 6) is 0.252. The van der Waals surface area contributed by atoms with Crippen molar-refractivity contribution in [2.75, 3.05) is 6.54 Å². The Kier molecular flexibility index (Phi) is 2.84. The maximum absolute atomic E-state index is 15.2. The maximum Gasteiger partial charge on any atom is 0.205 e. The summed E-state index contributed by atoms with van der Waals surface area (Å²) in [6.45, 7) is -0.156. The molecule has 0 bridgehead atoms. The van der Waals surface area contributed by atoms with E-state index in [1.165, 1.54) is 0 Å². The third kappa shape index (κ3) is 1.92. The Morgan fingerprint density at radius 2 is 1.68 bits per heavy atom. The highest BCUT2D eigenvalue weighted by atomic mass is 19.1. The van der Waals surface area contributed by atoms with Gasteiger partial charge in [-0.1, -0.05) is 48.5 Å². The van der Waals surface area contributed by atoms with E-state index in [4.69, 9.17) is 10.2 Å². The Morgan fingerprint density at radius 1 is 1.00 bits per heavy atom. The van der Waals surface area contributed by atoms with Crippen molar-refractivity contribution in [2.24, 2.45) is 5.73 Å². The molecule has 19 heavy (non-hydrogen) atoms. The molecule has 1 heterocycles. The van der Waals surface area contributed by atoms with E-state index in [1.807, 2.05) is 30.3 Å². The van der Waals surface area contributed by atoms with Gasteiger partial charge >= 0.3 is 0 Å². The van der Waals surface area contributed by atoms with E-state index in [9.17, 15) is 0 Å². The molecule has 0 spiro atoms. The molecule has 0 saturated heterocycles. The van der Waals surface area contributed by atoms with Crippen LogP contribution in [0.4, 0.5) is 4.39 Å².